The number of nitrogens with zero attached hydrogens (tertiary/aromatic N) is 2. The first-order chi connectivity index (χ1) is 26.7. The molecule has 4 heterocycles. The molecule has 0 radical (unpaired) electrons. The third kappa shape index (κ3) is 4.28. The van der Waals surface area contributed by atoms with E-state index in [0.29, 0.717) is 23.0 Å². The van der Waals surface area contributed by atoms with E-state index < -0.39 is 0 Å². The van der Waals surface area contributed by atoms with Gasteiger partial charge in [-0.2, -0.15) is 0 Å². The predicted octanol–water partition coefficient (Wildman–Crippen LogP) is 13.3. The van der Waals surface area contributed by atoms with Gasteiger partial charge in [0.15, 0.2) is 46.0 Å². The molecule has 6 heteroatoms. The van der Waals surface area contributed by atoms with Crippen LogP contribution in [0.3, 0.4) is 0 Å². The molecule has 0 amide bonds. The van der Waals surface area contributed by atoms with Crippen LogP contribution in [0.4, 0.5) is 0 Å². The first kappa shape index (κ1) is 29.2. The van der Waals surface area contributed by atoms with E-state index in [1.165, 1.54) is 0 Å². The van der Waals surface area contributed by atoms with Crippen LogP contribution in [0.25, 0.3) is 66.1 Å². The molecular formula is C48H28N2O4. The van der Waals surface area contributed by atoms with Crippen LogP contribution in [-0.4, -0.2) is 9.13 Å². The molecular weight excluding hydrogens is 669 g/mol. The highest BCUT2D eigenvalue weighted by Crippen LogP contribution is 2.50. The summed E-state index contributed by atoms with van der Waals surface area (Å²) in [5, 5.41) is 4.54. The summed E-state index contributed by atoms with van der Waals surface area (Å²) in [7, 11) is 0. The topological polar surface area (TPSA) is 46.8 Å². The van der Waals surface area contributed by atoms with Crippen molar-refractivity contribution in [2.45, 2.75) is 0 Å². The van der Waals surface area contributed by atoms with E-state index in [4.69, 9.17) is 18.9 Å². The largest absolute Gasteiger partial charge is 0.449 e. The van der Waals surface area contributed by atoms with Gasteiger partial charge < -0.3 is 28.1 Å². The van der Waals surface area contributed by atoms with E-state index >= 15 is 0 Å². The van der Waals surface area contributed by atoms with Crippen LogP contribution in [0.1, 0.15) is 0 Å². The Morgan fingerprint density at radius 1 is 0.259 bits per heavy atom. The molecule has 254 valence electrons. The average Bonchev–Trinajstić information content (AvgIpc) is 3.72. The van der Waals surface area contributed by atoms with E-state index in [0.717, 1.165) is 89.1 Å². The van der Waals surface area contributed by atoms with Crippen molar-refractivity contribution >= 4 is 43.6 Å². The molecule has 0 atom stereocenters. The summed E-state index contributed by atoms with van der Waals surface area (Å²) in [6, 6.07) is 58.5. The van der Waals surface area contributed by atoms with E-state index in [1.807, 2.05) is 48.5 Å². The highest BCUT2D eigenvalue weighted by atomic mass is 16.6. The second-order valence-corrected chi connectivity index (χ2v) is 13.7. The van der Waals surface area contributed by atoms with Gasteiger partial charge in [0.05, 0.1) is 22.1 Å². The molecule has 0 aliphatic carbocycles. The van der Waals surface area contributed by atoms with Crippen LogP contribution < -0.4 is 18.9 Å². The predicted molar refractivity (Wildman–Crippen MR) is 214 cm³/mol. The van der Waals surface area contributed by atoms with Crippen molar-refractivity contribution in [3.05, 3.63) is 170 Å². The van der Waals surface area contributed by atoms with Gasteiger partial charge in [0.1, 0.15) is 0 Å². The second-order valence-electron chi connectivity index (χ2n) is 13.7. The summed E-state index contributed by atoms with van der Waals surface area (Å²) in [5.74, 6) is 5.73. The third-order valence-corrected chi connectivity index (χ3v) is 10.6. The SMILES string of the molecule is c1ccc2c(c1)Oc1cc3c4ccccc4n(-c4ccc(-c5ccc(-n6c7ccccc7c7cc8c(cc76)Oc6ccccc6O8)cc5)cc4)c3cc1O2. The zero-order chi connectivity index (χ0) is 35.3. The number of hydrogen-bond donors (Lipinski definition) is 0. The van der Waals surface area contributed by atoms with Crippen molar-refractivity contribution in [2.24, 2.45) is 0 Å². The number of rotatable bonds is 3. The van der Waals surface area contributed by atoms with Gasteiger partial charge in [-0.25, -0.2) is 0 Å². The number of para-hydroxylation sites is 6. The van der Waals surface area contributed by atoms with Crippen molar-refractivity contribution in [3.8, 4) is 68.5 Å². The highest BCUT2D eigenvalue weighted by Gasteiger charge is 2.24. The zero-order valence-electron chi connectivity index (χ0n) is 28.7. The number of aromatic nitrogens is 2. The lowest BCUT2D eigenvalue weighted by atomic mass is 10.0. The number of benzene rings is 8. The van der Waals surface area contributed by atoms with E-state index in [-0.39, 0.29) is 0 Å². The maximum Gasteiger partial charge on any atom is 0.172 e. The second kappa shape index (κ2) is 11.0. The van der Waals surface area contributed by atoms with Crippen LogP contribution in [0, 0.1) is 0 Å². The maximum absolute atomic E-state index is 6.32. The monoisotopic (exact) mass is 696 g/mol. The molecule has 0 unspecified atom stereocenters. The van der Waals surface area contributed by atoms with Crippen LogP contribution in [0.15, 0.2) is 170 Å². The van der Waals surface area contributed by atoms with E-state index in [9.17, 15) is 0 Å². The molecule has 0 spiro atoms. The fourth-order valence-corrected chi connectivity index (χ4v) is 8.14. The molecule has 54 heavy (non-hydrogen) atoms. The fourth-order valence-electron chi connectivity index (χ4n) is 8.14. The van der Waals surface area contributed by atoms with Gasteiger partial charge in [-0.3, -0.25) is 0 Å². The minimum Gasteiger partial charge on any atom is -0.449 e. The molecule has 0 saturated heterocycles. The molecule has 2 aliphatic heterocycles. The van der Waals surface area contributed by atoms with Crippen molar-refractivity contribution in [2.75, 3.05) is 0 Å². The summed E-state index contributed by atoms with van der Waals surface area (Å²) < 4.78 is 29.8. The minimum atomic E-state index is 0.705. The molecule has 0 saturated carbocycles. The Morgan fingerprint density at radius 3 is 0.981 bits per heavy atom. The number of ether oxygens (including phenoxy) is 4. The lowest BCUT2D eigenvalue weighted by Crippen LogP contribution is -2.00. The quantitative estimate of drug-likeness (QED) is 0.184. The van der Waals surface area contributed by atoms with Gasteiger partial charge in [-0.15, -0.1) is 0 Å². The molecule has 10 aromatic rings. The smallest absolute Gasteiger partial charge is 0.172 e. The lowest BCUT2D eigenvalue weighted by Gasteiger charge is -2.21. The molecule has 12 rings (SSSR count). The van der Waals surface area contributed by atoms with Crippen molar-refractivity contribution in [3.63, 3.8) is 0 Å². The van der Waals surface area contributed by atoms with Gasteiger partial charge in [-0.05, 0) is 83.9 Å². The maximum atomic E-state index is 6.32. The minimum absolute atomic E-state index is 0.705. The summed E-state index contributed by atoms with van der Waals surface area (Å²) in [6.07, 6.45) is 0. The molecule has 0 fully saturated rings. The fraction of sp³-hybridized carbons (Fsp3) is 0. The highest BCUT2D eigenvalue weighted by molar-refractivity contribution is 6.11. The molecule has 0 N–H and O–H groups in total. The molecule has 0 bridgehead atoms. The lowest BCUT2D eigenvalue weighted by molar-refractivity contribution is 0.360. The van der Waals surface area contributed by atoms with Gasteiger partial charge in [0, 0.05) is 45.1 Å². The molecule has 2 aromatic heterocycles. The third-order valence-electron chi connectivity index (χ3n) is 10.6. The Bertz CT molecular complexity index is 2940. The normalized spacial score (nSPS) is 12.7. The van der Waals surface area contributed by atoms with E-state index in [1.54, 1.807) is 0 Å². The first-order valence-corrected chi connectivity index (χ1v) is 18.0. The summed E-state index contributed by atoms with van der Waals surface area (Å²) in [4.78, 5) is 0. The van der Waals surface area contributed by atoms with Crippen LogP contribution in [-0.2, 0) is 0 Å². The van der Waals surface area contributed by atoms with Gasteiger partial charge in [-0.1, -0.05) is 84.9 Å². The summed E-state index contributed by atoms with van der Waals surface area (Å²) in [5.41, 5.74) is 8.78. The van der Waals surface area contributed by atoms with Crippen molar-refractivity contribution in [1.82, 2.24) is 9.13 Å². The number of fused-ring (bicyclic) bond motifs is 10. The van der Waals surface area contributed by atoms with Crippen LogP contribution >= 0.6 is 0 Å². The van der Waals surface area contributed by atoms with Crippen molar-refractivity contribution in [1.29, 1.82) is 0 Å². The Morgan fingerprint density at radius 2 is 0.593 bits per heavy atom. The van der Waals surface area contributed by atoms with Crippen LogP contribution in [0.2, 0.25) is 0 Å². The first-order valence-electron chi connectivity index (χ1n) is 18.0. The molecule has 8 aromatic carbocycles. The van der Waals surface area contributed by atoms with Crippen LogP contribution in [0.5, 0.6) is 46.0 Å². The Labute approximate surface area is 309 Å². The Kier molecular flexibility index (Phi) is 5.96. The Hall–Kier alpha value is -7.44. The molecule has 6 nitrogen and oxygen atoms in total. The van der Waals surface area contributed by atoms with E-state index in [2.05, 4.69) is 130 Å². The summed E-state index contributed by atoms with van der Waals surface area (Å²) in [6.45, 7) is 0. The summed E-state index contributed by atoms with van der Waals surface area (Å²) >= 11 is 0. The van der Waals surface area contributed by atoms with Gasteiger partial charge in [0.25, 0.3) is 0 Å². The van der Waals surface area contributed by atoms with Crippen molar-refractivity contribution < 1.29 is 18.9 Å². The zero-order valence-corrected chi connectivity index (χ0v) is 28.7. The van der Waals surface area contributed by atoms with Gasteiger partial charge >= 0.3 is 0 Å². The van der Waals surface area contributed by atoms with Gasteiger partial charge in [0.2, 0.25) is 0 Å². The standard InChI is InChI=1S/C48H28N2O4/c1-3-11-37-33(9-1)35-25-45-47(53-43-15-7-5-13-41(43)51-45)27-39(35)49(37)31-21-17-29(18-22-31)30-19-23-32(24-20-30)50-38-12-4-2-10-34(38)36-26-46-48(28-40(36)50)54-44-16-8-6-14-42(44)52-46/h1-28H. The molecule has 2 aliphatic rings. The Balaban J connectivity index is 0.915. The number of hydrogen-bond acceptors (Lipinski definition) is 4. The average molecular weight is 697 g/mol.